The molecule has 2 bridgehead atoms. The van der Waals surface area contributed by atoms with Gasteiger partial charge in [-0.05, 0) is 57.1 Å². The topological polar surface area (TPSA) is 105 Å². The van der Waals surface area contributed by atoms with Crippen molar-refractivity contribution in [2.45, 2.75) is 77.7 Å². The van der Waals surface area contributed by atoms with Gasteiger partial charge in [-0.2, -0.15) is 0 Å². The van der Waals surface area contributed by atoms with Crippen molar-refractivity contribution >= 4 is 23.5 Å². The van der Waals surface area contributed by atoms with E-state index in [1.165, 1.54) is 4.90 Å². The van der Waals surface area contributed by atoms with Crippen molar-refractivity contribution in [1.82, 2.24) is 4.90 Å². The number of aliphatic hydroxyl groups excluding tert-OH is 1. The summed E-state index contributed by atoms with van der Waals surface area (Å²) in [5.74, 6) is -2.43. The van der Waals surface area contributed by atoms with E-state index in [4.69, 9.17) is 9.47 Å². The van der Waals surface area contributed by atoms with Crippen molar-refractivity contribution in [1.29, 1.82) is 0 Å². The van der Waals surface area contributed by atoms with E-state index >= 15 is 0 Å². The van der Waals surface area contributed by atoms with Gasteiger partial charge in [0.15, 0.2) is 0 Å². The number of likely N-dealkylation sites (tertiary alicyclic amines) is 1. The van der Waals surface area contributed by atoms with Crippen LogP contribution in [0.2, 0.25) is 0 Å². The number of ether oxygens (including phenoxy) is 2. The summed E-state index contributed by atoms with van der Waals surface area (Å²) in [6.07, 6.45) is 1.18. The minimum atomic E-state index is -1.11. The maximum Gasteiger partial charge on any atom is 0.312 e. The first-order valence-corrected chi connectivity index (χ1v) is 12.3. The lowest BCUT2D eigenvalue weighted by molar-refractivity contribution is -0.155. The SMILES string of the molecule is CCOC(=O)[C@@H]1[C@H]2C(=O)N([C@@H](CO)CC(C)C)C(C(=O)Nc3c(C)cccc3C)C23CC[C@H]1O3. The van der Waals surface area contributed by atoms with Crippen LogP contribution in [-0.2, 0) is 23.9 Å². The summed E-state index contributed by atoms with van der Waals surface area (Å²) in [5.41, 5.74) is 1.43. The molecule has 3 aliphatic rings. The maximum atomic E-state index is 13.9. The van der Waals surface area contributed by atoms with E-state index in [0.717, 1.165) is 11.1 Å². The van der Waals surface area contributed by atoms with Crippen LogP contribution in [0.1, 0.15) is 51.2 Å². The minimum Gasteiger partial charge on any atom is -0.466 e. The number of aliphatic hydroxyl groups is 1. The molecule has 6 atom stereocenters. The number of fused-ring (bicyclic) bond motifs is 1. The Morgan fingerprint density at radius 2 is 1.97 bits per heavy atom. The number of benzene rings is 1. The van der Waals surface area contributed by atoms with Crippen molar-refractivity contribution in [3.8, 4) is 0 Å². The second-order valence-corrected chi connectivity index (χ2v) is 10.3. The molecule has 0 radical (unpaired) electrons. The lowest BCUT2D eigenvalue weighted by atomic mass is 9.70. The van der Waals surface area contributed by atoms with Crippen molar-refractivity contribution in [2.75, 3.05) is 18.5 Å². The molecule has 1 aromatic rings. The molecule has 34 heavy (non-hydrogen) atoms. The second kappa shape index (κ2) is 9.30. The van der Waals surface area contributed by atoms with Crippen LogP contribution in [0.3, 0.4) is 0 Å². The van der Waals surface area contributed by atoms with Crippen LogP contribution < -0.4 is 5.32 Å². The van der Waals surface area contributed by atoms with E-state index in [1.807, 2.05) is 45.9 Å². The normalized spacial score (nSPS) is 30.6. The number of esters is 1. The van der Waals surface area contributed by atoms with E-state index in [1.54, 1.807) is 6.92 Å². The van der Waals surface area contributed by atoms with E-state index in [9.17, 15) is 19.5 Å². The van der Waals surface area contributed by atoms with Crippen molar-refractivity contribution in [2.24, 2.45) is 17.8 Å². The van der Waals surface area contributed by atoms with Gasteiger partial charge in [0.25, 0.3) is 0 Å². The summed E-state index contributed by atoms with van der Waals surface area (Å²) < 4.78 is 11.7. The molecule has 186 valence electrons. The van der Waals surface area contributed by atoms with Gasteiger partial charge in [-0.1, -0.05) is 32.0 Å². The van der Waals surface area contributed by atoms with Gasteiger partial charge < -0.3 is 24.8 Å². The molecule has 0 aliphatic carbocycles. The first-order chi connectivity index (χ1) is 16.2. The van der Waals surface area contributed by atoms with Crippen LogP contribution in [0.25, 0.3) is 0 Å². The number of amides is 2. The molecule has 3 fully saturated rings. The highest BCUT2D eigenvalue weighted by atomic mass is 16.6. The van der Waals surface area contributed by atoms with Gasteiger partial charge >= 0.3 is 5.97 Å². The van der Waals surface area contributed by atoms with Gasteiger partial charge in [0, 0.05) is 5.69 Å². The third-order valence-corrected chi connectivity index (χ3v) is 7.62. The molecule has 3 aliphatic heterocycles. The standard InChI is InChI=1S/C26H36N2O6/c1-6-33-25(32)19-18-10-11-26(34-18)20(19)24(31)28(17(13-29)12-14(2)3)22(26)23(30)27-21-15(4)8-7-9-16(21)5/h7-9,14,17-20,22,29H,6,10-13H2,1-5H3,(H,27,30)/t17-,18-,19+,20+,22?,26?/m1/s1. The molecule has 3 heterocycles. The predicted molar refractivity (Wildman–Crippen MR) is 126 cm³/mol. The number of nitrogens with zero attached hydrogens (tertiary/aromatic N) is 1. The minimum absolute atomic E-state index is 0.198. The molecule has 0 aromatic heterocycles. The number of hydrogen-bond donors (Lipinski definition) is 2. The van der Waals surface area contributed by atoms with Crippen LogP contribution in [0.5, 0.6) is 0 Å². The zero-order chi connectivity index (χ0) is 24.8. The lowest BCUT2D eigenvalue weighted by Gasteiger charge is -2.37. The molecular weight excluding hydrogens is 436 g/mol. The highest BCUT2D eigenvalue weighted by molar-refractivity contribution is 6.04. The summed E-state index contributed by atoms with van der Waals surface area (Å²) in [4.78, 5) is 42.2. The van der Waals surface area contributed by atoms with Crippen molar-refractivity contribution < 1.29 is 29.0 Å². The third kappa shape index (κ3) is 3.81. The van der Waals surface area contributed by atoms with Gasteiger partial charge in [-0.25, -0.2) is 0 Å². The number of rotatable bonds is 8. The Morgan fingerprint density at radius 1 is 1.29 bits per heavy atom. The van der Waals surface area contributed by atoms with Gasteiger partial charge in [-0.3, -0.25) is 14.4 Å². The predicted octanol–water partition coefficient (Wildman–Crippen LogP) is 2.59. The Morgan fingerprint density at radius 3 is 2.56 bits per heavy atom. The van der Waals surface area contributed by atoms with Gasteiger partial charge in [-0.15, -0.1) is 0 Å². The van der Waals surface area contributed by atoms with Crippen LogP contribution >= 0.6 is 0 Å². The Hall–Kier alpha value is -2.45. The van der Waals surface area contributed by atoms with Crippen LogP contribution in [-0.4, -0.2) is 64.8 Å². The zero-order valence-electron chi connectivity index (χ0n) is 20.7. The highest BCUT2D eigenvalue weighted by Crippen LogP contribution is 2.59. The first kappa shape index (κ1) is 24.7. The average Bonchev–Trinajstić information content (AvgIpc) is 3.42. The van der Waals surface area contributed by atoms with E-state index in [0.29, 0.717) is 24.9 Å². The molecule has 8 heteroatoms. The Balaban J connectivity index is 1.77. The molecule has 8 nitrogen and oxygen atoms in total. The largest absolute Gasteiger partial charge is 0.466 e. The molecule has 2 N–H and O–H groups in total. The van der Waals surface area contributed by atoms with E-state index < -0.39 is 41.6 Å². The number of nitrogens with one attached hydrogen (secondary N) is 1. The summed E-state index contributed by atoms with van der Waals surface area (Å²) in [7, 11) is 0. The molecule has 3 saturated heterocycles. The van der Waals surface area contributed by atoms with E-state index in [2.05, 4.69) is 5.32 Å². The number of carbonyl (C=O) groups is 3. The van der Waals surface area contributed by atoms with Crippen LogP contribution in [0, 0.1) is 31.6 Å². The fourth-order valence-corrected chi connectivity index (χ4v) is 6.31. The summed E-state index contributed by atoms with van der Waals surface area (Å²) in [5, 5.41) is 13.3. The van der Waals surface area contributed by atoms with Crippen molar-refractivity contribution in [3.63, 3.8) is 0 Å². The fraction of sp³-hybridized carbons (Fsp3) is 0.654. The second-order valence-electron chi connectivity index (χ2n) is 10.3. The van der Waals surface area contributed by atoms with Gasteiger partial charge in [0.2, 0.25) is 11.8 Å². The molecular formula is C26H36N2O6. The quantitative estimate of drug-likeness (QED) is 0.564. The Kier molecular flexibility index (Phi) is 6.75. The van der Waals surface area contributed by atoms with Crippen molar-refractivity contribution in [3.05, 3.63) is 29.3 Å². The van der Waals surface area contributed by atoms with Gasteiger partial charge in [0.05, 0.1) is 37.2 Å². The van der Waals surface area contributed by atoms with Crippen LogP contribution in [0.15, 0.2) is 18.2 Å². The molecule has 1 aromatic carbocycles. The molecule has 0 saturated carbocycles. The highest BCUT2D eigenvalue weighted by Gasteiger charge is 2.75. The lowest BCUT2D eigenvalue weighted by Crippen LogP contribution is -2.56. The monoisotopic (exact) mass is 472 g/mol. The molecule has 4 rings (SSSR count). The number of aryl methyl sites for hydroxylation is 2. The van der Waals surface area contributed by atoms with Crippen LogP contribution in [0.4, 0.5) is 5.69 Å². The fourth-order valence-electron chi connectivity index (χ4n) is 6.31. The van der Waals surface area contributed by atoms with Gasteiger partial charge in [0.1, 0.15) is 11.6 Å². The number of hydrogen-bond acceptors (Lipinski definition) is 6. The first-order valence-electron chi connectivity index (χ1n) is 12.3. The number of para-hydroxylation sites is 1. The Labute approximate surface area is 201 Å². The number of anilines is 1. The zero-order valence-corrected chi connectivity index (χ0v) is 20.7. The smallest absolute Gasteiger partial charge is 0.312 e. The average molecular weight is 473 g/mol. The number of carbonyl (C=O) groups excluding carboxylic acids is 3. The Bertz CT molecular complexity index is 958. The summed E-state index contributed by atoms with van der Waals surface area (Å²) in [6.45, 7) is 9.54. The molecule has 1 spiro atoms. The summed E-state index contributed by atoms with van der Waals surface area (Å²) >= 11 is 0. The summed E-state index contributed by atoms with van der Waals surface area (Å²) in [6, 6.07) is 4.28. The molecule has 2 amide bonds. The third-order valence-electron chi connectivity index (χ3n) is 7.62. The molecule has 2 unspecified atom stereocenters. The maximum absolute atomic E-state index is 13.9. The van der Waals surface area contributed by atoms with E-state index in [-0.39, 0.29) is 30.9 Å².